The zero-order chi connectivity index (χ0) is 16.0. The average Bonchev–Trinajstić information content (AvgIpc) is 3.05. The second kappa shape index (κ2) is 5.26. The highest BCUT2D eigenvalue weighted by Crippen LogP contribution is 2.48. The Hall–Kier alpha value is -2.56. The number of nitrogens with zero attached hydrogens (tertiary/aromatic N) is 2. The smallest absolute Gasteiger partial charge is 0.157 e. The zero-order valence-corrected chi connectivity index (χ0v) is 13.0. The predicted octanol–water partition coefficient (Wildman–Crippen LogP) is 3.32. The molecule has 2 aromatic rings. The minimum absolute atomic E-state index is 0.202. The van der Waals surface area contributed by atoms with Crippen molar-refractivity contribution in [2.45, 2.75) is 25.7 Å². The molecule has 0 bridgehead atoms. The molecule has 1 aliphatic heterocycles. The first-order valence-electron chi connectivity index (χ1n) is 7.93. The van der Waals surface area contributed by atoms with Gasteiger partial charge in [0.05, 0.1) is 17.9 Å². The minimum Gasteiger partial charge on any atom is -0.507 e. The van der Waals surface area contributed by atoms with Crippen molar-refractivity contribution in [1.29, 1.82) is 0 Å². The predicted molar refractivity (Wildman–Crippen MR) is 88.6 cm³/mol. The standard InChI is InChI=1S/C18H19N3O2/c1-10-7-12(10)11-4-5-16(22)13(8-11)15-9-14(18(19)21-20-15)17-3-2-6-23-17/h3-5,8-10,12,22H,2,6-7H2,1H3,(H2,19,21)/t10?,12-/m1/s1. The summed E-state index contributed by atoms with van der Waals surface area (Å²) < 4.78 is 5.58. The summed E-state index contributed by atoms with van der Waals surface area (Å²) in [4.78, 5) is 0. The van der Waals surface area contributed by atoms with E-state index in [4.69, 9.17) is 10.5 Å². The van der Waals surface area contributed by atoms with Crippen molar-refractivity contribution in [2.24, 2.45) is 5.92 Å². The second-order valence-electron chi connectivity index (χ2n) is 6.33. The maximum atomic E-state index is 10.2. The van der Waals surface area contributed by atoms with Crippen molar-refractivity contribution in [3.8, 4) is 17.0 Å². The second-order valence-corrected chi connectivity index (χ2v) is 6.33. The van der Waals surface area contributed by atoms with E-state index in [0.717, 1.165) is 17.7 Å². The van der Waals surface area contributed by atoms with Gasteiger partial charge >= 0.3 is 0 Å². The Morgan fingerprint density at radius 1 is 1.22 bits per heavy atom. The SMILES string of the molecule is CC1C[C@H]1c1ccc(O)c(-c2cc(C3=CCCO3)c(N)nn2)c1. The molecule has 4 rings (SSSR count). The Kier molecular flexibility index (Phi) is 3.22. The largest absolute Gasteiger partial charge is 0.507 e. The van der Waals surface area contributed by atoms with Crippen molar-refractivity contribution < 1.29 is 9.84 Å². The highest BCUT2D eigenvalue weighted by Gasteiger charge is 2.34. The molecule has 0 spiro atoms. The third kappa shape index (κ3) is 2.52. The number of anilines is 1. The van der Waals surface area contributed by atoms with E-state index in [1.54, 1.807) is 6.07 Å². The monoisotopic (exact) mass is 309 g/mol. The van der Waals surface area contributed by atoms with Crippen LogP contribution in [0.15, 0.2) is 30.3 Å². The fourth-order valence-electron chi connectivity index (χ4n) is 3.11. The Balaban J connectivity index is 1.77. The van der Waals surface area contributed by atoms with Crippen LogP contribution in [-0.2, 0) is 4.74 Å². The van der Waals surface area contributed by atoms with Gasteiger partial charge in [0.15, 0.2) is 5.82 Å². The molecule has 1 saturated carbocycles. The number of rotatable bonds is 3. The Labute approximate surface area is 134 Å². The number of hydrogen-bond acceptors (Lipinski definition) is 5. The molecular weight excluding hydrogens is 290 g/mol. The number of ether oxygens (including phenoxy) is 1. The summed E-state index contributed by atoms with van der Waals surface area (Å²) >= 11 is 0. The van der Waals surface area contributed by atoms with E-state index in [2.05, 4.69) is 17.1 Å². The number of phenolic OH excluding ortho intramolecular Hbond substituents is 1. The number of aromatic nitrogens is 2. The molecule has 2 heterocycles. The lowest BCUT2D eigenvalue weighted by Gasteiger charge is -2.10. The van der Waals surface area contributed by atoms with Crippen molar-refractivity contribution in [2.75, 3.05) is 12.3 Å². The van der Waals surface area contributed by atoms with E-state index < -0.39 is 0 Å². The van der Waals surface area contributed by atoms with Crippen molar-refractivity contribution >= 4 is 11.6 Å². The molecule has 1 unspecified atom stereocenters. The van der Waals surface area contributed by atoms with Gasteiger partial charge in [0, 0.05) is 12.0 Å². The van der Waals surface area contributed by atoms with Crippen molar-refractivity contribution in [3.63, 3.8) is 0 Å². The van der Waals surface area contributed by atoms with Crippen molar-refractivity contribution in [3.05, 3.63) is 41.5 Å². The third-order valence-corrected chi connectivity index (χ3v) is 4.63. The van der Waals surface area contributed by atoms with Gasteiger partial charge in [-0.2, -0.15) is 0 Å². The quantitative estimate of drug-likeness (QED) is 0.909. The van der Waals surface area contributed by atoms with Crippen LogP contribution in [0.3, 0.4) is 0 Å². The van der Waals surface area contributed by atoms with E-state index in [0.29, 0.717) is 35.5 Å². The molecule has 118 valence electrons. The van der Waals surface area contributed by atoms with Gasteiger partial charge in [-0.1, -0.05) is 13.0 Å². The van der Waals surface area contributed by atoms with Crippen LogP contribution < -0.4 is 5.73 Å². The lowest BCUT2D eigenvalue weighted by molar-refractivity contribution is 0.307. The van der Waals surface area contributed by atoms with Crippen LogP contribution in [0.5, 0.6) is 5.75 Å². The molecule has 1 aromatic heterocycles. The van der Waals surface area contributed by atoms with E-state index in [1.165, 1.54) is 12.0 Å². The zero-order valence-electron chi connectivity index (χ0n) is 13.0. The fraction of sp³-hybridized carbons (Fsp3) is 0.333. The lowest BCUT2D eigenvalue weighted by Crippen LogP contribution is -2.01. The maximum Gasteiger partial charge on any atom is 0.157 e. The highest BCUT2D eigenvalue weighted by molar-refractivity contribution is 5.76. The van der Waals surface area contributed by atoms with Crippen molar-refractivity contribution in [1.82, 2.24) is 10.2 Å². The van der Waals surface area contributed by atoms with Crippen LogP contribution in [0, 0.1) is 5.92 Å². The van der Waals surface area contributed by atoms with Crippen LogP contribution in [0.25, 0.3) is 17.0 Å². The summed E-state index contributed by atoms with van der Waals surface area (Å²) in [5.41, 5.74) is 9.20. The van der Waals surface area contributed by atoms with E-state index in [1.807, 2.05) is 24.3 Å². The molecule has 0 saturated heterocycles. The Morgan fingerprint density at radius 2 is 2.04 bits per heavy atom. The average molecular weight is 309 g/mol. The van der Waals surface area contributed by atoms with Gasteiger partial charge in [-0.05, 0) is 48.1 Å². The fourth-order valence-corrected chi connectivity index (χ4v) is 3.11. The maximum absolute atomic E-state index is 10.2. The van der Waals surface area contributed by atoms with Crippen LogP contribution in [0.1, 0.15) is 36.8 Å². The topological polar surface area (TPSA) is 81.3 Å². The summed E-state index contributed by atoms with van der Waals surface area (Å²) in [6, 6.07) is 7.58. The van der Waals surface area contributed by atoms with Gasteiger partial charge in [-0.15, -0.1) is 10.2 Å². The first kappa shape index (κ1) is 14.1. The van der Waals surface area contributed by atoms with E-state index in [-0.39, 0.29) is 5.75 Å². The number of hydrogen-bond donors (Lipinski definition) is 2. The summed E-state index contributed by atoms with van der Waals surface area (Å²) in [5, 5.41) is 18.4. The molecule has 1 aromatic carbocycles. The van der Waals surface area contributed by atoms with Gasteiger partial charge in [0.2, 0.25) is 0 Å². The lowest BCUT2D eigenvalue weighted by atomic mass is 10.0. The number of phenols is 1. The van der Waals surface area contributed by atoms with Crippen LogP contribution in [0.4, 0.5) is 5.82 Å². The number of nitrogen functional groups attached to an aromatic ring is 1. The number of nitrogens with two attached hydrogens (primary N) is 1. The summed E-state index contributed by atoms with van der Waals surface area (Å²) in [7, 11) is 0. The summed E-state index contributed by atoms with van der Waals surface area (Å²) in [6.07, 6.45) is 4.07. The van der Waals surface area contributed by atoms with Gasteiger partial charge in [0.1, 0.15) is 11.5 Å². The van der Waals surface area contributed by atoms with Crippen LogP contribution in [-0.4, -0.2) is 21.9 Å². The Bertz CT molecular complexity index is 801. The molecule has 1 aliphatic carbocycles. The molecule has 1 fully saturated rings. The van der Waals surface area contributed by atoms with Gasteiger partial charge < -0.3 is 15.6 Å². The van der Waals surface area contributed by atoms with Gasteiger partial charge in [-0.3, -0.25) is 0 Å². The Morgan fingerprint density at radius 3 is 2.74 bits per heavy atom. The number of aromatic hydroxyl groups is 1. The van der Waals surface area contributed by atoms with Gasteiger partial charge in [-0.25, -0.2) is 0 Å². The first-order chi connectivity index (χ1) is 11.1. The molecule has 5 nitrogen and oxygen atoms in total. The van der Waals surface area contributed by atoms with Gasteiger partial charge in [0.25, 0.3) is 0 Å². The molecule has 0 amide bonds. The molecular formula is C18H19N3O2. The molecule has 2 atom stereocenters. The minimum atomic E-state index is 0.202. The molecule has 2 aliphatic rings. The van der Waals surface area contributed by atoms with Crippen LogP contribution >= 0.6 is 0 Å². The summed E-state index contributed by atoms with van der Waals surface area (Å²) in [5.74, 6) is 2.57. The summed E-state index contributed by atoms with van der Waals surface area (Å²) in [6.45, 7) is 2.90. The van der Waals surface area contributed by atoms with E-state index in [9.17, 15) is 5.11 Å². The number of benzene rings is 1. The molecule has 5 heteroatoms. The molecule has 23 heavy (non-hydrogen) atoms. The first-order valence-corrected chi connectivity index (χ1v) is 7.93. The van der Waals surface area contributed by atoms with E-state index >= 15 is 0 Å². The third-order valence-electron chi connectivity index (χ3n) is 4.63. The normalized spacial score (nSPS) is 22.6. The van der Waals surface area contributed by atoms with Crippen LogP contribution in [0.2, 0.25) is 0 Å². The molecule has 0 radical (unpaired) electrons. The highest BCUT2D eigenvalue weighted by atomic mass is 16.5. The molecule has 3 N–H and O–H groups in total.